The minimum Gasteiger partial charge on any atom is -0.389 e. The molecule has 2 saturated heterocycles. The molecule has 2 aliphatic heterocycles. The molecule has 0 saturated carbocycles. The van der Waals surface area contributed by atoms with Crippen molar-refractivity contribution in [3.63, 3.8) is 0 Å². The Hall–Kier alpha value is -2.25. The number of aliphatic hydroxyl groups excluding tert-OH is 1. The molecule has 2 fully saturated rings. The molecule has 29 heavy (non-hydrogen) atoms. The summed E-state index contributed by atoms with van der Waals surface area (Å²) in [5, 5.41) is 16.0. The van der Waals surface area contributed by atoms with E-state index >= 15 is 0 Å². The van der Waals surface area contributed by atoms with Gasteiger partial charge in [-0.3, -0.25) is 4.79 Å². The molecule has 154 valence electrons. The van der Waals surface area contributed by atoms with Gasteiger partial charge in [-0.25, -0.2) is 0 Å². The highest BCUT2D eigenvalue weighted by Crippen LogP contribution is 2.25. The molecule has 0 aromatic heterocycles. The summed E-state index contributed by atoms with van der Waals surface area (Å²) in [7, 11) is 0. The van der Waals surface area contributed by atoms with Gasteiger partial charge in [0.05, 0.1) is 37.9 Å². The van der Waals surface area contributed by atoms with Crippen LogP contribution < -0.4 is 10.6 Å². The van der Waals surface area contributed by atoms with Crippen LogP contribution in [0.4, 0.5) is 5.69 Å². The number of nitrogens with one attached hydrogen (secondary N) is 2. The Balaban J connectivity index is 1.28. The first-order chi connectivity index (χ1) is 14.2. The van der Waals surface area contributed by atoms with Crippen molar-refractivity contribution >= 4 is 11.6 Å². The van der Waals surface area contributed by atoms with Gasteiger partial charge in [-0.2, -0.15) is 0 Å². The van der Waals surface area contributed by atoms with Crippen LogP contribution in [0.1, 0.15) is 19.3 Å². The van der Waals surface area contributed by atoms with Crippen LogP contribution in [0.5, 0.6) is 0 Å². The molecule has 0 unspecified atom stereocenters. The van der Waals surface area contributed by atoms with Crippen LogP contribution in [0, 0.1) is 0 Å². The maximum atomic E-state index is 12.5. The Kier molecular flexibility index (Phi) is 6.56. The van der Waals surface area contributed by atoms with Crippen molar-refractivity contribution in [3.05, 3.63) is 54.6 Å². The van der Waals surface area contributed by atoms with E-state index in [4.69, 9.17) is 9.47 Å². The summed E-state index contributed by atoms with van der Waals surface area (Å²) in [5.74, 6) is -0.0453. The third-order valence-corrected chi connectivity index (χ3v) is 5.51. The Bertz CT molecular complexity index is 796. The quantitative estimate of drug-likeness (QED) is 0.740. The molecule has 2 aliphatic rings. The van der Waals surface area contributed by atoms with Crippen LogP contribution in [0.15, 0.2) is 54.6 Å². The second-order valence-corrected chi connectivity index (χ2v) is 7.78. The molecule has 0 spiro atoms. The second-order valence-electron chi connectivity index (χ2n) is 7.78. The fourth-order valence-electron chi connectivity index (χ4n) is 3.96. The highest BCUT2D eigenvalue weighted by atomic mass is 16.5. The van der Waals surface area contributed by atoms with E-state index in [0.29, 0.717) is 26.2 Å². The molecule has 3 N–H and O–H groups in total. The van der Waals surface area contributed by atoms with Gasteiger partial charge in [0, 0.05) is 18.3 Å². The van der Waals surface area contributed by atoms with Crippen molar-refractivity contribution in [1.82, 2.24) is 5.32 Å². The summed E-state index contributed by atoms with van der Waals surface area (Å²) in [5.41, 5.74) is 3.05. The summed E-state index contributed by atoms with van der Waals surface area (Å²) in [6.45, 7) is 1.26. The highest BCUT2D eigenvalue weighted by Gasteiger charge is 2.33. The summed E-state index contributed by atoms with van der Waals surface area (Å²) >= 11 is 0. The van der Waals surface area contributed by atoms with E-state index in [9.17, 15) is 9.90 Å². The average Bonchev–Trinajstić information content (AvgIpc) is 2.73. The zero-order valence-electron chi connectivity index (χ0n) is 16.4. The maximum absolute atomic E-state index is 12.5. The lowest BCUT2D eigenvalue weighted by Gasteiger charge is -2.38. The molecular formula is C23H28N2O4. The van der Waals surface area contributed by atoms with Crippen LogP contribution in [0.3, 0.4) is 0 Å². The van der Waals surface area contributed by atoms with Crippen LogP contribution in [0.2, 0.25) is 0 Å². The van der Waals surface area contributed by atoms with Crippen molar-refractivity contribution in [2.24, 2.45) is 0 Å². The first kappa shape index (κ1) is 20.0. The molecule has 0 radical (unpaired) electrons. The summed E-state index contributed by atoms with van der Waals surface area (Å²) in [6.07, 6.45) is 1.36. The number of β-amino-alcohol motifs (C(OH)–C–C–N with tert-alkyl or cyclic N) is 1. The van der Waals surface area contributed by atoms with Gasteiger partial charge < -0.3 is 25.2 Å². The zero-order valence-corrected chi connectivity index (χ0v) is 16.4. The number of amides is 1. The van der Waals surface area contributed by atoms with E-state index in [1.54, 1.807) is 0 Å². The number of ether oxygens (including phenoxy) is 2. The number of anilines is 1. The fraction of sp³-hybridized carbons (Fsp3) is 0.435. The number of rotatable bonds is 4. The third kappa shape index (κ3) is 5.42. The first-order valence-corrected chi connectivity index (χ1v) is 10.3. The minimum atomic E-state index is -0.479. The predicted octanol–water partition coefficient (Wildman–Crippen LogP) is 2.58. The molecule has 6 nitrogen and oxygen atoms in total. The van der Waals surface area contributed by atoms with Gasteiger partial charge in [0.1, 0.15) is 0 Å². The SMILES string of the molecule is O=C(C[C@@H]1CC[C@H]2NC[C@H](O)COC[C@@H]2O1)Nc1ccc(-c2ccccc2)cc1. The van der Waals surface area contributed by atoms with Crippen molar-refractivity contribution in [2.45, 2.75) is 43.6 Å². The number of fused-ring (bicyclic) bond motifs is 1. The van der Waals surface area contributed by atoms with E-state index < -0.39 is 6.10 Å². The lowest BCUT2D eigenvalue weighted by molar-refractivity contribution is -0.134. The average molecular weight is 396 g/mol. The van der Waals surface area contributed by atoms with Crippen LogP contribution in [-0.4, -0.2) is 55.1 Å². The molecule has 4 atom stereocenters. The Morgan fingerprint density at radius 1 is 1.03 bits per heavy atom. The second kappa shape index (κ2) is 9.50. The summed E-state index contributed by atoms with van der Waals surface area (Å²) in [6, 6.07) is 18.2. The molecule has 4 rings (SSSR count). The highest BCUT2D eigenvalue weighted by molar-refractivity contribution is 5.91. The molecule has 2 aromatic rings. The number of benzene rings is 2. The third-order valence-electron chi connectivity index (χ3n) is 5.51. The zero-order chi connectivity index (χ0) is 20.1. The number of carbonyl (C=O) groups is 1. The Labute approximate surface area is 171 Å². The fourth-order valence-corrected chi connectivity index (χ4v) is 3.96. The summed E-state index contributed by atoms with van der Waals surface area (Å²) in [4.78, 5) is 12.5. The van der Waals surface area contributed by atoms with Gasteiger partial charge in [0.25, 0.3) is 0 Å². The molecule has 0 bridgehead atoms. The molecule has 2 aromatic carbocycles. The molecule has 1 amide bonds. The Morgan fingerprint density at radius 2 is 1.79 bits per heavy atom. The van der Waals surface area contributed by atoms with Gasteiger partial charge in [0.15, 0.2) is 0 Å². The van der Waals surface area contributed by atoms with Crippen molar-refractivity contribution in [1.29, 1.82) is 0 Å². The number of hydrogen-bond acceptors (Lipinski definition) is 5. The topological polar surface area (TPSA) is 79.8 Å². The monoisotopic (exact) mass is 396 g/mol. The smallest absolute Gasteiger partial charge is 0.226 e. The van der Waals surface area contributed by atoms with Crippen LogP contribution in [-0.2, 0) is 14.3 Å². The Morgan fingerprint density at radius 3 is 2.59 bits per heavy atom. The molecule has 0 aliphatic carbocycles. The number of aliphatic hydroxyl groups is 1. The van der Waals surface area contributed by atoms with E-state index in [1.165, 1.54) is 0 Å². The predicted molar refractivity (Wildman–Crippen MR) is 112 cm³/mol. The van der Waals surface area contributed by atoms with E-state index in [2.05, 4.69) is 22.8 Å². The van der Waals surface area contributed by atoms with Gasteiger partial charge in [0.2, 0.25) is 5.91 Å². The minimum absolute atomic E-state index is 0.0453. The lowest BCUT2D eigenvalue weighted by Crippen LogP contribution is -2.53. The van der Waals surface area contributed by atoms with Gasteiger partial charge in [-0.05, 0) is 36.1 Å². The summed E-state index contributed by atoms with van der Waals surface area (Å²) < 4.78 is 11.7. The largest absolute Gasteiger partial charge is 0.389 e. The standard InChI is InChI=1S/C23H28N2O4/c26-19-13-24-21-11-10-20(29-22(21)15-28-14-19)12-23(27)25-18-8-6-17(7-9-18)16-4-2-1-3-5-16/h1-9,19-22,24,26H,10-15H2,(H,25,27)/t19-,20-,21+,22-/m0/s1. The van der Waals surface area contributed by atoms with Gasteiger partial charge in [-0.15, -0.1) is 0 Å². The van der Waals surface area contributed by atoms with Crippen molar-refractivity contribution < 1.29 is 19.4 Å². The van der Waals surface area contributed by atoms with E-state index in [0.717, 1.165) is 29.7 Å². The van der Waals surface area contributed by atoms with Crippen molar-refractivity contribution in [2.75, 3.05) is 25.1 Å². The van der Waals surface area contributed by atoms with Gasteiger partial charge >= 0.3 is 0 Å². The van der Waals surface area contributed by atoms with Crippen molar-refractivity contribution in [3.8, 4) is 11.1 Å². The number of carbonyl (C=O) groups excluding carboxylic acids is 1. The van der Waals surface area contributed by atoms with Gasteiger partial charge in [-0.1, -0.05) is 42.5 Å². The van der Waals surface area contributed by atoms with Crippen LogP contribution in [0.25, 0.3) is 11.1 Å². The van der Waals surface area contributed by atoms with E-state index in [-0.39, 0.29) is 24.2 Å². The van der Waals surface area contributed by atoms with E-state index in [1.807, 2.05) is 42.5 Å². The molecule has 2 heterocycles. The first-order valence-electron chi connectivity index (χ1n) is 10.3. The lowest BCUT2D eigenvalue weighted by atomic mass is 9.96. The van der Waals surface area contributed by atoms with Crippen LogP contribution >= 0.6 is 0 Å². The maximum Gasteiger partial charge on any atom is 0.226 e. The normalized spacial score (nSPS) is 27.3. The number of hydrogen-bond donors (Lipinski definition) is 3. The molecular weight excluding hydrogens is 368 g/mol. The molecule has 6 heteroatoms.